The molecule has 4 nitrogen and oxygen atoms in total. The van der Waals surface area contributed by atoms with Crippen molar-refractivity contribution in [3.05, 3.63) is 41.1 Å². The summed E-state index contributed by atoms with van der Waals surface area (Å²) in [5.74, 6) is 0.858. The van der Waals surface area contributed by atoms with Crippen LogP contribution in [-0.2, 0) is 12.8 Å². The van der Waals surface area contributed by atoms with Crippen LogP contribution in [0.3, 0.4) is 0 Å². The van der Waals surface area contributed by atoms with Crippen molar-refractivity contribution >= 4 is 5.95 Å². The van der Waals surface area contributed by atoms with Crippen LogP contribution in [0.2, 0.25) is 0 Å². The summed E-state index contributed by atoms with van der Waals surface area (Å²) in [5, 5.41) is 9.14. The van der Waals surface area contributed by atoms with Crippen molar-refractivity contribution in [3.63, 3.8) is 0 Å². The van der Waals surface area contributed by atoms with Gasteiger partial charge in [0.05, 0.1) is 17.3 Å². The molecule has 1 atom stereocenters. The number of hydrogen-bond donors (Lipinski definition) is 0. The highest BCUT2D eigenvalue weighted by Gasteiger charge is 2.29. The van der Waals surface area contributed by atoms with Crippen molar-refractivity contribution in [2.75, 3.05) is 11.4 Å². The van der Waals surface area contributed by atoms with Crippen molar-refractivity contribution in [1.82, 2.24) is 9.97 Å². The van der Waals surface area contributed by atoms with Gasteiger partial charge in [0.2, 0.25) is 5.95 Å². The standard InChI is InChI=1S/C18H18N4/c1-12-8-9-22(12)18-20-16-7-3-6-15(16)17(21-18)14-5-2-4-13(10-14)11-19/h2,4-5,10,12H,3,6-9H2,1H3/t12-/m0/s1. The van der Waals surface area contributed by atoms with E-state index in [-0.39, 0.29) is 0 Å². The van der Waals surface area contributed by atoms with Crippen LogP contribution >= 0.6 is 0 Å². The maximum absolute atomic E-state index is 9.14. The Labute approximate surface area is 130 Å². The average Bonchev–Trinajstić information content (AvgIpc) is 3.01. The average molecular weight is 290 g/mol. The van der Waals surface area contributed by atoms with Gasteiger partial charge in [-0.25, -0.2) is 9.97 Å². The second-order valence-electron chi connectivity index (χ2n) is 6.17. The summed E-state index contributed by atoms with van der Waals surface area (Å²) in [6.07, 6.45) is 4.43. The molecule has 2 aliphatic rings. The minimum atomic E-state index is 0.526. The smallest absolute Gasteiger partial charge is 0.226 e. The molecule has 1 aliphatic heterocycles. The molecule has 0 radical (unpaired) electrons. The first-order valence-corrected chi connectivity index (χ1v) is 7.93. The molecule has 0 N–H and O–H groups in total. The maximum Gasteiger partial charge on any atom is 0.226 e. The van der Waals surface area contributed by atoms with E-state index >= 15 is 0 Å². The normalized spacial score (nSPS) is 19.5. The second-order valence-corrected chi connectivity index (χ2v) is 6.17. The van der Waals surface area contributed by atoms with Crippen molar-refractivity contribution in [2.24, 2.45) is 0 Å². The third-order valence-corrected chi connectivity index (χ3v) is 4.76. The number of aryl methyl sites for hydroxylation is 1. The van der Waals surface area contributed by atoms with Crippen molar-refractivity contribution in [3.8, 4) is 17.3 Å². The zero-order chi connectivity index (χ0) is 15.1. The van der Waals surface area contributed by atoms with Crippen LogP contribution in [0.5, 0.6) is 0 Å². The van der Waals surface area contributed by atoms with E-state index in [1.54, 1.807) is 0 Å². The van der Waals surface area contributed by atoms with Gasteiger partial charge in [0, 0.05) is 29.4 Å². The first-order chi connectivity index (χ1) is 10.8. The number of aromatic nitrogens is 2. The second kappa shape index (κ2) is 5.10. The molecule has 1 fully saturated rings. The fourth-order valence-electron chi connectivity index (χ4n) is 3.34. The number of anilines is 1. The lowest BCUT2D eigenvalue weighted by Crippen LogP contribution is -2.46. The Bertz CT molecular complexity index is 775. The van der Waals surface area contributed by atoms with Crippen LogP contribution in [0, 0.1) is 11.3 Å². The first kappa shape index (κ1) is 13.3. The molecule has 1 aliphatic carbocycles. The molecule has 2 aromatic rings. The summed E-state index contributed by atoms with van der Waals surface area (Å²) in [6.45, 7) is 3.26. The lowest BCUT2D eigenvalue weighted by molar-refractivity contribution is 0.470. The molecule has 22 heavy (non-hydrogen) atoms. The molecule has 0 bridgehead atoms. The lowest BCUT2D eigenvalue weighted by Gasteiger charge is -2.39. The Hall–Kier alpha value is -2.41. The Kier molecular flexibility index (Phi) is 3.07. The van der Waals surface area contributed by atoms with Gasteiger partial charge in [-0.3, -0.25) is 0 Å². The minimum Gasteiger partial charge on any atom is -0.338 e. The molecular weight excluding hydrogens is 272 g/mol. The van der Waals surface area contributed by atoms with E-state index in [1.165, 1.54) is 17.7 Å². The van der Waals surface area contributed by atoms with Gasteiger partial charge in [0.25, 0.3) is 0 Å². The van der Waals surface area contributed by atoms with Crippen LogP contribution in [0.25, 0.3) is 11.3 Å². The molecule has 0 spiro atoms. The quantitative estimate of drug-likeness (QED) is 0.853. The molecule has 1 aromatic heterocycles. The summed E-state index contributed by atoms with van der Waals surface area (Å²) in [7, 11) is 0. The van der Waals surface area contributed by atoms with Gasteiger partial charge in [-0.15, -0.1) is 0 Å². The van der Waals surface area contributed by atoms with Crippen LogP contribution in [0.15, 0.2) is 24.3 Å². The molecule has 4 heteroatoms. The molecule has 0 saturated carbocycles. The van der Waals surface area contributed by atoms with Crippen LogP contribution in [0.4, 0.5) is 5.95 Å². The van der Waals surface area contributed by atoms with E-state index < -0.39 is 0 Å². The van der Waals surface area contributed by atoms with Gasteiger partial charge in [-0.1, -0.05) is 12.1 Å². The summed E-state index contributed by atoms with van der Waals surface area (Å²) >= 11 is 0. The molecule has 1 saturated heterocycles. The van der Waals surface area contributed by atoms with Gasteiger partial charge < -0.3 is 4.90 Å². The molecule has 110 valence electrons. The van der Waals surface area contributed by atoms with Gasteiger partial charge in [-0.05, 0) is 44.7 Å². The number of benzene rings is 1. The minimum absolute atomic E-state index is 0.526. The molecule has 0 amide bonds. The molecule has 1 aromatic carbocycles. The SMILES string of the molecule is C[C@H]1CCN1c1nc2c(c(-c3cccc(C#N)c3)n1)CCC2. The molecule has 4 rings (SSSR count). The third-order valence-electron chi connectivity index (χ3n) is 4.76. The Morgan fingerprint density at radius 2 is 2.18 bits per heavy atom. The highest BCUT2D eigenvalue weighted by Crippen LogP contribution is 2.34. The van der Waals surface area contributed by atoms with Crippen molar-refractivity contribution in [2.45, 2.75) is 38.6 Å². The predicted molar refractivity (Wildman–Crippen MR) is 85.6 cm³/mol. The predicted octanol–water partition coefficient (Wildman–Crippen LogP) is 3.10. The Morgan fingerprint density at radius 1 is 1.27 bits per heavy atom. The zero-order valence-electron chi connectivity index (χ0n) is 12.7. The fraction of sp³-hybridized carbons (Fsp3) is 0.389. The van der Waals surface area contributed by atoms with Gasteiger partial charge in [-0.2, -0.15) is 5.26 Å². The Morgan fingerprint density at radius 3 is 2.91 bits per heavy atom. The number of fused-ring (bicyclic) bond motifs is 1. The van der Waals surface area contributed by atoms with Gasteiger partial charge in [0.15, 0.2) is 0 Å². The highest BCUT2D eigenvalue weighted by atomic mass is 15.3. The molecule has 2 heterocycles. The van der Waals surface area contributed by atoms with Crippen molar-refractivity contribution in [1.29, 1.82) is 5.26 Å². The molecular formula is C18H18N4. The van der Waals surface area contributed by atoms with Crippen LogP contribution < -0.4 is 4.90 Å². The summed E-state index contributed by atoms with van der Waals surface area (Å²) in [6, 6.07) is 10.5. The first-order valence-electron chi connectivity index (χ1n) is 7.93. The van der Waals surface area contributed by atoms with Crippen LogP contribution in [-0.4, -0.2) is 22.6 Å². The topological polar surface area (TPSA) is 52.8 Å². The third kappa shape index (κ3) is 2.05. The number of hydrogen-bond acceptors (Lipinski definition) is 4. The summed E-state index contributed by atoms with van der Waals surface area (Å²) in [5.41, 5.74) is 5.21. The molecule has 0 unspecified atom stereocenters. The van der Waals surface area contributed by atoms with E-state index in [0.717, 1.165) is 43.0 Å². The van der Waals surface area contributed by atoms with E-state index in [2.05, 4.69) is 17.9 Å². The van der Waals surface area contributed by atoms with E-state index in [4.69, 9.17) is 15.2 Å². The maximum atomic E-state index is 9.14. The fourth-order valence-corrected chi connectivity index (χ4v) is 3.34. The summed E-state index contributed by atoms with van der Waals surface area (Å²) < 4.78 is 0. The largest absolute Gasteiger partial charge is 0.338 e. The van der Waals surface area contributed by atoms with Gasteiger partial charge in [0.1, 0.15) is 0 Å². The van der Waals surface area contributed by atoms with Gasteiger partial charge >= 0.3 is 0 Å². The van der Waals surface area contributed by atoms with Crippen LogP contribution in [0.1, 0.15) is 36.6 Å². The zero-order valence-corrected chi connectivity index (χ0v) is 12.7. The van der Waals surface area contributed by atoms with E-state index in [0.29, 0.717) is 11.6 Å². The van der Waals surface area contributed by atoms with E-state index in [9.17, 15) is 0 Å². The monoisotopic (exact) mass is 290 g/mol. The number of nitriles is 1. The number of rotatable bonds is 2. The van der Waals surface area contributed by atoms with E-state index in [1.807, 2.05) is 24.3 Å². The highest BCUT2D eigenvalue weighted by molar-refractivity contribution is 5.68. The van der Waals surface area contributed by atoms with Crippen molar-refractivity contribution < 1.29 is 0 Å². The summed E-state index contributed by atoms with van der Waals surface area (Å²) in [4.78, 5) is 11.9. The Balaban J connectivity index is 1.85. The lowest BCUT2D eigenvalue weighted by atomic mass is 10.0. The number of nitrogens with zero attached hydrogens (tertiary/aromatic N) is 4.